The van der Waals surface area contributed by atoms with Crippen LogP contribution in [0.15, 0.2) is 0 Å². The van der Waals surface area contributed by atoms with Crippen LogP contribution >= 0.6 is 0 Å². The zero-order chi connectivity index (χ0) is 17.5. The Morgan fingerprint density at radius 2 is 0.550 bits per heavy atom. The van der Waals surface area contributed by atoms with Gasteiger partial charge in [-0.25, -0.2) is 19.2 Å². The number of carboxylic acids is 4. The van der Waals surface area contributed by atoms with Crippen LogP contribution in [-0.2, 0) is 19.2 Å². The van der Waals surface area contributed by atoms with Gasteiger partial charge in [0, 0.05) is 0 Å². The summed E-state index contributed by atoms with van der Waals surface area (Å²) in [5.41, 5.74) is 0. The van der Waals surface area contributed by atoms with E-state index in [2.05, 4.69) is 41.5 Å². The van der Waals surface area contributed by atoms with Crippen LogP contribution in [0, 0.1) is 11.8 Å². The lowest BCUT2D eigenvalue weighted by Crippen LogP contribution is -2.09. The van der Waals surface area contributed by atoms with Gasteiger partial charge in [-0.1, -0.05) is 41.5 Å². The van der Waals surface area contributed by atoms with Crippen LogP contribution in [0.1, 0.15) is 41.5 Å². The van der Waals surface area contributed by atoms with Gasteiger partial charge in [-0.05, 0) is 11.8 Å². The van der Waals surface area contributed by atoms with Gasteiger partial charge in [0.05, 0.1) is 0 Å². The van der Waals surface area contributed by atoms with Crippen LogP contribution in [-0.4, -0.2) is 44.3 Å². The SMILES string of the molecule is CC(C)C.CC(C)C.O=C(O)C(=O)O.O=C(O)C(=O)O. The monoisotopic (exact) mass is 296 g/mol. The highest BCUT2D eigenvalue weighted by molar-refractivity contribution is 6.27. The van der Waals surface area contributed by atoms with E-state index in [1.54, 1.807) is 0 Å². The number of carboxylic acid groups (broad SMARTS) is 4. The molecule has 0 radical (unpaired) electrons. The van der Waals surface area contributed by atoms with Gasteiger partial charge >= 0.3 is 23.9 Å². The second-order valence-electron chi connectivity index (χ2n) is 4.68. The molecule has 0 saturated heterocycles. The fraction of sp³-hybridized carbons (Fsp3) is 0.667. The summed E-state index contributed by atoms with van der Waals surface area (Å²) in [7, 11) is 0. The lowest BCUT2D eigenvalue weighted by Gasteiger charge is -1.79. The van der Waals surface area contributed by atoms with Crippen molar-refractivity contribution < 1.29 is 39.6 Å². The zero-order valence-corrected chi connectivity index (χ0v) is 12.6. The number of aliphatic carboxylic acids is 4. The molecule has 0 atom stereocenters. The van der Waals surface area contributed by atoms with E-state index < -0.39 is 23.9 Å². The molecular weight excluding hydrogens is 272 g/mol. The summed E-state index contributed by atoms with van der Waals surface area (Å²) in [6.07, 6.45) is 0. The van der Waals surface area contributed by atoms with Gasteiger partial charge in [-0.3, -0.25) is 0 Å². The molecular formula is C12H24O8. The standard InChI is InChI=1S/2C4H10.2C2H2O4/c2*1-4(2)3;2*3-1(4)2(5)6/h2*4H,1-3H3;2*(H,3,4)(H,5,6). The number of carbonyl (C=O) groups is 4. The van der Waals surface area contributed by atoms with Gasteiger partial charge in [0.15, 0.2) is 0 Å². The minimum Gasteiger partial charge on any atom is -0.473 e. The Hall–Kier alpha value is -2.12. The van der Waals surface area contributed by atoms with Gasteiger partial charge < -0.3 is 20.4 Å². The van der Waals surface area contributed by atoms with Crippen molar-refractivity contribution in [3.63, 3.8) is 0 Å². The zero-order valence-electron chi connectivity index (χ0n) is 12.6. The minimum atomic E-state index is -1.82. The van der Waals surface area contributed by atoms with E-state index in [4.69, 9.17) is 39.6 Å². The predicted molar refractivity (Wildman–Crippen MR) is 71.6 cm³/mol. The van der Waals surface area contributed by atoms with Crippen LogP contribution in [0.4, 0.5) is 0 Å². The Bertz CT molecular complexity index is 234. The number of hydrogen-bond acceptors (Lipinski definition) is 4. The molecule has 0 unspecified atom stereocenters. The van der Waals surface area contributed by atoms with Crippen molar-refractivity contribution >= 4 is 23.9 Å². The smallest absolute Gasteiger partial charge is 0.414 e. The Morgan fingerprint density at radius 1 is 0.500 bits per heavy atom. The topological polar surface area (TPSA) is 149 Å². The molecule has 0 aliphatic rings. The predicted octanol–water partition coefficient (Wildman–Crippen LogP) is 1.64. The van der Waals surface area contributed by atoms with E-state index in [1.807, 2.05) is 0 Å². The molecule has 0 fully saturated rings. The highest BCUT2D eigenvalue weighted by atomic mass is 16.4. The molecule has 20 heavy (non-hydrogen) atoms. The van der Waals surface area contributed by atoms with Gasteiger partial charge in [-0.15, -0.1) is 0 Å². The second-order valence-corrected chi connectivity index (χ2v) is 4.68. The summed E-state index contributed by atoms with van der Waals surface area (Å²) in [4.78, 5) is 36.4. The van der Waals surface area contributed by atoms with E-state index in [-0.39, 0.29) is 0 Å². The van der Waals surface area contributed by atoms with Gasteiger partial charge in [0.25, 0.3) is 0 Å². The molecule has 120 valence electrons. The molecule has 0 spiro atoms. The molecule has 0 bridgehead atoms. The number of hydrogen-bond donors (Lipinski definition) is 4. The van der Waals surface area contributed by atoms with Crippen LogP contribution in [0.3, 0.4) is 0 Å². The molecule has 4 N–H and O–H groups in total. The highest BCUT2D eigenvalue weighted by Gasteiger charge is 2.04. The Labute approximate surface area is 118 Å². The first-order chi connectivity index (χ1) is 8.75. The highest BCUT2D eigenvalue weighted by Crippen LogP contribution is 1.81. The van der Waals surface area contributed by atoms with Crippen molar-refractivity contribution in [3.8, 4) is 0 Å². The van der Waals surface area contributed by atoms with Crippen molar-refractivity contribution in [1.82, 2.24) is 0 Å². The van der Waals surface area contributed by atoms with Gasteiger partial charge in [0.1, 0.15) is 0 Å². The third-order valence-corrected chi connectivity index (χ3v) is 0.366. The molecule has 0 aromatic rings. The molecule has 8 nitrogen and oxygen atoms in total. The minimum absolute atomic E-state index is 0.833. The van der Waals surface area contributed by atoms with Crippen molar-refractivity contribution in [1.29, 1.82) is 0 Å². The van der Waals surface area contributed by atoms with Crippen molar-refractivity contribution in [3.05, 3.63) is 0 Å². The van der Waals surface area contributed by atoms with E-state index in [0.717, 1.165) is 11.8 Å². The molecule has 0 aromatic heterocycles. The maximum absolute atomic E-state index is 9.10. The van der Waals surface area contributed by atoms with Gasteiger partial charge in [-0.2, -0.15) is 0 Å². The van der Waals surface area contributed by atoms with Gasteiger partial charge in [0.2, 0.25) is 0 Å². The normalized spacial score (nSPS) is 8.00. The van der Waals surface area contributed by atoms with E-state index in [0.29, 0.717) is 0 Å². The van der Waals surface area contributed by atoms with E-state index in [9.17, 15) is 0 Å². The summed E-state index contributed by atoms with van der Waals surface area (Å²) >= 11 is 0. The van der Waals surface area contributed by atoms with Crippen LogP contribution in [0.5, 0.6) is 0 Å². The third-order valence-electron chi connectivity index (χ3n) is 0.366. The Balaban J connectivity index is -0.0000000871. The lowest BCUT2D eigenvalue weighted by atomic mass is 10.3. The van der Waals surface area contributed by atoms with Crippen molar-refractivity contribution in [2.75, 3.05) is 0 Å². The fourth-order valence-electron chi connectivity index (χ4n) is 0. The molecule has 0 aliphatic heterocycles. The average Bonchev–Trinajstić information content (AvgIpc) is 2.15. The van der Waals surface area contributed by atoms with E-state index >= 15 is 0 Å². The van der Waals surface area contributed by atoms with Crippen LogP contribution < -0.4 is 0 Å². The lowest BCUT2D eigenvalue weighted by molar-refractivity contribution is -0.159. The van der Waals surface area contributed by atoms with Crippen LogP contribution in [0.2, 0.25) is 0 Å². The Morgan fingerprint density at radius 3 is 0.550 bits per heavy atom. The molecule has 0 rings (SSSR count). The van der Waals surface area contributed by atoms with Crippen molar-refractivity contribution in [2.45, 2.75) is 41.5 Å². The molecule has 0 aromatic carbocycles. The summed E-state index contributed by atoms with van der Waals surface area (Å²) in [5, 5.41) is 29.6. The summed E-state index contributed by atoms with van der Waals surface area (Å²) in [5.74, 6) is -5.63. The van der Waals surface area contributed by atoms with E-state index in [1.165, 1.54) is 0 Å². The van der Waals surface area contributed by atoms with Crippen LogP contribution in [0.25, 0.3) is 0 Å². The summed E-state index contributed by atoms with van der Waals surface area (Å²) < 4.78 is 0. The first kappa shape index (κ1) is 26.4. The fourth-order valence-corrected chi connectivity index (χ4v) is 0. The first-order valence-corrected chi connectivity index (χ1v) is 5.68. The maximum Gasteiger partial charge on any atom is 0.414 e. The number of rotatable bonds is 0. The maximum atomic E-state index is 9.10. The second kappa shape index (κ2) is 16.9. The summed E-state index contributed by atoms with van der Waals surface area (Å²) in [6.45, 7) is 13.0. The quantitative estimate of drug-likeness (QED) is 0.493. The first-order valence-electron chi connectivity index (χ1n) is 5.68. The molecule has 0 amide bonds. The third kappa shape index (κ3) is 102. The summed E-state index contributed by atoms with van der Waals surface area (Å²) in [6, 6.07) is 0. The molecule has 8 heteroatoms. The average molecular weight is 296 g/mol. The molecule has 0 saturated carbocycles. The molecule has 0 heterocycles. The largest absolute Gasteiger partial charge is 0.473 e. The Kier molecular flexibility index (Phi) is 22.3. The molecule has 0 aliphatic carbocycles. The van der Waals surface area contributed by atoms with Crippen molar-refractivity contribution in [2.24, 2.45) is 11.8 Å².